The Labute approximate surface area is 132 Å². The van der Waals surface area contributed by atoms with Crippen LogP contribution in [0.2, 0.25) is 0 Å². The molecule has 0 aliphatic heterocycles. The number of unbranched alkanes of at least 4 members (excludes halogenated alkanes) is 4. The summed E-state index contributed by atoms with van der Waals surface area (Å²) in [5.41, 5.74) is 6.78. The Kier molecular flexibility index (Phi) is 8.72. The molecule has 122 valence electrons. The van der Waals surface area contributed by atoms with Gasteiger partial charge < -0.3 is 15.8 Å². The summed E-state index contributed by atoms with van der Waals surface area (Å²) in [7, 11) is 0. The molecule has 3 N–H and O–H groups in total. The van der Waals surface area contributed by atoms with E-state index in [4.69, 9.17) is 10.5 Å². The molecule has 0 aliphatic carbocycles. The number of nitrogen functional groups attached to an aromatic ring is 1. The number of esters is 1. The average molecular weight is 306 g/mol. The van der Waals surface area contributed by atoms with Crippen LogP contribution in [0.5, 0.6) is 0 Å². The van der Waals surface area contributed by atoms with Crippen molar-refractivity contribution >= 4 is 17.6 Å². The Morgan fingerprint density at radius 1 is 1.09 bits per heavy atom. The maximum atomic E-state index is 11.9. The van der Waals surface area contributed by atoms with Crippen LogP contribution in [0.3, 0.4) is 0 Å². The molecule has 0 atom stereocenters. The van der Waals surface area contributed by atoms with Crippen molar-refractivity contribution in [1.82, 2.24) is 5.32 Å². The molecule has 0 bridgehead atoms. The highest BCUT2D eigenvalue weighted by Crippen LogP contribution is 2.10. The first-order valence-electron chi connectivity index (χ1n) is 7.93. The fraction of sp³-hybridized carbons (Fsp3) is 0.529. The third kappa shape index (κ3) is 7.11. The van der Waals surface area contributed by atoms with Crippen LogP contribution in [0.15, 0.2) is 24.3 Å². The normalized spacial score (nSPS) is 10.2. The number of rotatable bonds is 10. The first kappa shape index (κ1) is 18.0. The molecule has 1 aromatic rings. The fourth-order valence-corrected chi connectivity index (χ4v) is 2.16. The molecule has 1 aromatic carbocycles. The van der Waals surface area contributed by atoms with Crippen LogP contribution in [0.4, 0.5) is 5.69 Å². The highest BCUT2D eigenvalue weighted by molar-refractivity contribution is 5.98. The van der Waals surface area contributed by atoms with Gasteiger partial charge in [0, 0.05) is 18.7 Å². The zero-order valence-electron chi connectivity index (χ0n) is 13.3. The molecule has 0 unspecified atom stereocenters. The number of hydrogen-bond donors (Lipinski definition) is 2. The van der Waals surface area contributed by atoms with E-state index in [1.165, 1.54) is 0 Å². The van der Waals surface area contributed by atoms with Crippen molar-refractivity contribution in [2.24, 2.45) is 0 Å². The van der Waals surface area contributed by atoms with Gasteiger partial charge in [0.25, 0.3) is 5.91 Å². The maximum absolute atomic E-state index is 11.9. The minimum Gasteiger partial charge on any atom is -0.466 e. The summed E-state index contributed by atoms with van der Waals surface area (Å²) in [6.07, 6.45) is 5.40. The highest BCUT2D eigenvalue weighted by Gasteiger charge is 2.07. The van der Waals surface area contributed by atoms with Crippen molar-refractivity contribution in [2.75, 3.05) is 18.9 Å². The third-order valence-corrected chi connectivity index (χ3v) is 3.35. The molecule has 0 spiro atoms. The molecule has 0 heterocycles. The summed E-state index contributed by atoms with van der Waals surface area (Å²) in [6.45, 7) is 2.91. The number of hydrogen-bond acceptors (Lipinski definition) is 4. The Bertz CT molecular complexity index is 475. The summed E-state index contributed by atoms with van der Waals surface area (Å²) in [5, 5.41) is 2.87. The number of para-hydroxylation sites is 1. The van der Waals surface area contributed by atoms with Gasteiger partial charge in [-0.1, -0.05) is 31.4 Å². The van der Waals surface area contributed by atoms with E-state index in [9.17, 15) is 9.59 Å². The smallest absolute Gasteiger partial charge is 0.305 e. The molecule has 0 aliphatic rings. The lowest BCUT2D eigenvalue weighted by Gasteiger charge is -2.07. The van der Waals surface area contributed by atoms with Crippen LogP contribution in [-0.4, -0.2) is 25.0 Å². The second kappa shape index (κ2) is 10.7. The van der Waals surface area contributed by atoms with Crippen molar-refractivity contribution in [2.45, 2.75) is 45.4 Å². The number of anilines is 1. The van der Waals surface area contributed by atoms with Gasteiger partial charge in [-0.2, -0.15) is 0 Å². The fourth-order valence-electron chi connectivity index (χ4n) is 2.16. The van der Waals surface area contributed by atoms with E-state index in [-0.39, 0.29) is 11.9 Å². The minimum absolute atomic E-state index is 0.116. The maximum Gasteiger partial charge on any atom is 0.305 e. The number of amides is 1. The predicted octanol–water partition coefficient (Wildman–Crippen LogP) is 2.90. The van der Waals surface area contributed by atoms with Gasteiger partial charge >= 0.3 is 5.97 Å². The number of benzene rings is 1. The van der Waals surface area contributed by atoms with Gasteiger partial charge in [-0.25, -0.2) is 0 Å². The van der Waals surface area contributed by atoms with Gasteiger partial charge in [0.2, 0.25) is 0 Å². The van der Waals surface area contributed by atoms with E-state index in [1.54, 1.807) is 18.2 Å². The Morgan fingerprint density at radius 2 is 1.77 bits per heavy atom. The van der Waals surface area contributed by atoms with Crippen LogP contribution in [-0.2, 0) is 9.53 Å². The summed E-state index contributed by atoms with van der Waals surface area (Å²) < 4.78 is 4.87. The molecule has 1 rings (SSSR count). The molecule has 0 saturated heterocycles. The first-order valence-corrected chi connectivity index (χ1v) is 7.93. The van der Waals surface area contributed by atoms with E-state index in [1.807, 2.05) is 13.0 Å². The minimum atomic E-state index is -0.125. The summed E-state index contributed by atoms with van der Waals surface area (Å²) >= 11 is 0. The van der Waals surface area contributed by atoms with E-state index in [2.05, 4.69) is 5.32 Å². The number of nitrogens with two attached hydrogens (primary N) is 1. The van der Waals surface area contributed by atoms with Crippen LogP contribution in [0, 0.1) is 0 Å². The number of carbonyl (C=O) groups excluding carboxylic acids is 2. The van der Waals surface area contributed by atoms with Gasteiger partial charge in [0.1, 0.15) is 0 Å². The number of ether oxygens (including phenoxy) is 1. The predicted molar refractivity (Wildman–Crippen MR) is 87.5 cm³/mol. The van der Waals surface area contributed by atoms with Crippen LogP contribution >= 0.6 is 0 Å². The Hall–Kier alpha value is -2.04. The molecular formula is C17H26N2O3. The number of carbonyl (C=O) groups is 2. The largest absolute Gasteiger partial charge is 0.466 e. The van der Waals surface area contributed by atoms with Crippen molar-refractivity contribution in [3.63, 3.8) is 0 Å². The number of nitrogens with one attached hydrogen (secondary N) is 1. The second-order valence-corrected chi connectivity index (χ2v) is 5.17. The van der Waals surface area contributed by atoms with Gasteiger partial charge in [0.15, 0.2) is 0 Å². The topological polar surface area (TPSA) is 81.4 Å². The highest BCUT2D eigenvalue weighted by atomic mass is 16.5. The van der Waals surface area contributed by atoms with E-state index in [0.29, 0.717) is 30.8 Å². The zero-order chi connectivity index (χ0) is 16.2. The first-order chi connectivity index (χ1) is 10.6. The van der Waals surface area contributed by atoms with Crippen LogP contribution in [0.1, 0.15) is 55.8 Å². The van der Waals surface area contributed by atoms with Gasteiger partial charge in [-0.05, 0) is 31.9 Å². The Morgan fingerprint density at radius 3 is 2.50 bits per heavy atom. The second-order valence-electron chi connectivity index (χ2n) is 5.17. The lowest BCUT2D eigenvalue weighted by molar-refractivity contribution is -0.143. The van der Waals surface area contributed by atoms with Crippen LogP contribution in [0.25, 0.3) is 0 Å². The summed E-state index contributed by atoms with van der Waals surface area (Å²) in [5.74, 6) is -0.240. The lowest BCUT2D eigenvalue weighted by Crippen LogP contribution is -2.25. The summed E-state index contributed by atoms with van der Waals surface area (Å²) in [4.78, 5) is 23.0. The SMILES string of the molecule is CCOC(=O)CCCCCCCNC(=O)c1ccccc1N. The third-order valence-electron chi connectivity index (χ3n) is 3.35. The van der Waals surface area contributed by atoms with Gasteiger partial charge in [0.05, 0.1) is 12.2 Å². The molecule has 5 heteroatoms. The van der Waals surface area contributed by atoms with Gasteiger partial charge in [-0.15, -0.1) is 0 Å². The standard InChI is InChI=1S/C17H26N2O3/c1-2-22-16(20)12-6-4-3-5-9-13-19-17(21)14-10-7-8-11-15(14)18/h7-8,10-11H,2-6,9,12-13,18H2,1H3,(H,19,21). The molecule has 1 amide bonds. The Balaban J connectivity index is 2.03. The van der Waals surface area contributed by atoms with E-state index in [0.717, 1.165) is 32.1 Å². The van der Waals surface area contributed by atoms with Gasteiger partial charge in [-0.3, -0.25) is 9.59 Å². The van der Waals surface area contributed by atoms with Crippen molar-refractivity contribution in [3.8, 4) is 0 Å². The molecule has 22 heavy (non-hydrogen) atoms. The summed E-state index contributed by atoms with van der Waals surface area (Å²) in [6, 6.07) is 7.05. The van der Waals surface area contributed by atoms with Crippen molar-refractivity contribution in [1.29, 1.82) is 0 Å². The van der Waals surface area contributed by atoms with Crippen molar-refractivity contribution < 1.29 is 14.3 Å². The molecular weight excluding hydrogens is 280 g/mol. The molecule has 0 saturated carbocycles. The quantitative estimate of drug-likeness (QED) is 0.395. The monoisotopic (exact) mass is 306 g/mol. The van der Waals surface area contributed by atoms with E-state index >= 15 is 0 Å². The molecule has 0 aromatic heterocycles. The average Bonchev–Trinajstić information content (AvgIpc) is 2.50. The zero-order valence-corrected chi connectivity index (χ0v) is 13.3. The van der Waals surface area contributed by atoms with Crippen molar-refractivity contribution in [3.05, 3.63) is 29.8 Å². The van der Waals surface area contributed by atoms with E-state index < -0.39 is 0 Å². The lowest BCUT2D eigenvalue weighted by atomic mass is 10.1. The molecule has 5 nitrogen and oxygen atoms in total. The molecule has 0 fully saturated rings. The van der Waals surface area contributed by atoms with Crippen LogP contribution < -0.4 is 11.1 Å². The molecule has 0 radical (unpaired) electrons.